The van der Waals surface area contributed by atoms with E-state index in [9.17, 15) is 9.59 Å². The molecule has 1 saturated heterocycles. The second-order valence-corrected chi connectivity index (χ2v) is 5.80. The third kappa shape index (κ3) is 2.87. The van der Waals surface area contributed by atoms with Crippen LogP contribution in [-0.2, 0) is 9.53 Å². The van der Waals surface area contributed by atoms with Gasteiger partial charge in [-0.25, -0.2) is 4.79 Å². The lowest BCUT2D eigenvalue weighted by Crippen LogP contribution is -2.48. The van der Waals surface area contributed by atoms with Crippen LogP contribution in [0.5, 0.6) is 0 Å². The quantitative estimate of drug-likeness (QED) is 0.778. The van der Waals surface area contributed by atoms with Crippen molar-refractivity contribution in [3.05, 3.63) is 33.8 Å². The number of rotatable bonds is 2. The van der Waals surface area contributed by atoms with Crippen LogP contribution in [-0.4, -0.2) is 36.5 Å². The first-order valence-electron chi connectivity index (χ1n) is 6.70. The van der Waals surface area contributed by atoms with Crippen molar-refractivity contribution in [2.45, 2.75) is 32.2 Å². The Morgan fingerprint density at radius 3 is 2.80 bits per heavy atom. The highest BCUT2D eigenvalue weighted by Gasteiger charge is 2.33. The predicted molar refractivity (Wildman–Crippen MR) is 79.6 cm³/mol. The zero-order valence-electron chi connectivity index (χ0n) is 11.7. The third-order valence-electron chi connectivity index (χ3n) is 3.74. The molecule has 0 N–H and O–H groups in total. The van der Waals surface area contributed by atoms with Crippen LogP contribution >= 0.6 is 15.9 Å². The third-order valence-corrected chi connectivity index (χ3v) is 4.59. The molecule has 1 aliphatic rings. The summed E-state index contributed by atoms with van der Waals surface area (Å²) in [6.45, 7) is 2.50. The smallest absolute Gasteiger partial charge is 0.328 e. The standard InChI is InChI=1S/C15H18BrNO3/c1-10-11(6-5-7-12(10)16)14(18)17-9-4-3-8-13(17)15(19)20-2/h5-7,13H,3-4,8-9H2,1-2H3/t13-/m1/s1. The Kier molecular flexibility index (Phi) is 4.81. The molecule has 0 aliphatic carbocycles. The molecule has 1 aromatic carbocycles. The minimum Gasteiger partial charge on any atom is -0.467 e. The average molecular weight is 340 g/mol. The number of piperidine rings is 1. The van der Waals surface area contributed by atoms with Gasteiger partial charge in [0.1, 0.15) is 6.04 Å². The van der Waals surface area contributed by atoms with E-state index in [1.807, 2.05) is 19.1 Å². The van der Waals surface area contributed by atoms with E-state index < -0.39 is 6.04 Å². The fourth-order valence-corrected chi connectivity index (χ4v) is 2.92. The maximum atomic E-state index is 12.7. The van der Waals surface area contributed by atoms with Gasteiger partial charge in [-0.3, -0.25) is 4.79 Å². The van der Waals surface area contributed by atoms with Gasteiger partial charge in [-0.05, 0) is 43.9 Å². The lowest BCUT2D eigenvalue weighted by Gasteiger charge is -2.34. The second kappa shape index (κ2) is 6.39. The van der Waals surface area contributed by atoms with Gasteiger partial charge in [-0.2, -0.15) is 0 Å². The second-order valence-electron chi connectivity index (χ2n) is 4.95. The zero-order chi connectivity index (χ0) is 14.7. The van der Waals surface area contributed by atoms with E-state index in [1.165, 1.54) is 7.11 Å². The van der Waals surface area contributed by atoms with Crippen molar-refractivity contribution in [3.63, 3.8) is 0 Å². The Morgan fingerprint density at radius 1 is 1.35 bits per heavy atom. The van der Waals surface area contributed by atoms with Crippen LogP contribution in [0.2, 0.25) is 0 Å². The van der Waals surface area contributed by atoms with Gasteiger partial charge >= 0.3 is 5.97 Å². The maximum Gasteiger partial charge on any atom is 0.328 e. The first-order valence-corrected chi connectivity index (χ1v) is 7.49. The summed E-state index contributed by atoms with van der Waals surface area (Å²) in [7, 11) is 1.37. The van der Waals surface area contributed by atoms with Crippen molar-refractivity contribution in [2.24, 2.45) is 0 Å². The van der Waals surface area contributed by atoms with Gasteiger partial charge < -0.3 is 9.64 Å². The van der Waals surface area contributed by atoms with Gasteiger partial charge in [0.25, 0.3) is 5.91 Å². The molecule has 4 nitrogen and oxygen atoms in total. The van der Waals surface area contributed by atoms with Crippen LogP contribution < -0.4 is 0 Å². The summed E-state index contributed by atoms with van der Waals surface area (Å²) in [4.78, 5) is 26.2. The molecule has 2 rings (SSSR count). The summed E-state index contributed by atoms with van der Waals surface area (Å²) in [5.41, 5.74) is 1.53. The van der Waals surface area contributed by atoms with Gasteiger partial charge in [0.2, 0.25) is 0 Å². The van der Waals surface area contributed by atoms with E-state index in [1.54, 1.807) is 11.0 Å². The van der Waals surface area contributed by atoms with Crippen LogP contribution in [0.15, 0.2) is 22.7 Å². The number of hydrogen-bond acceptors (Lipinski definition) is 3. The van der Waals surface area contributed by atoms with Crippen LogP contribution in [0.1, 0.15) is 35.2 Å². The Bertz CT molecular complexity index is 530. The van der Waals surface area contributed by atoms with E-state index >= 15 is 0 Å². The molecule has 0 radical (unpaired) electrons. The summed E-state index contributed by atoms with van der Waals surface area (Å²) < 4.78 is 5.72. The monoisotopic (exact) mass is 339 g/mol. The number of methoxy groups -OCH3 is 1. The maximum absolute atomic E-state index is 12.7. The van der Waals surface area contributed by atoms with Gasteiger partial charge in [0.15, 0.2) is 0 Å². The summed E-state index contributed by atoms with van der Waals surface area (Å²) in [5, 5.41) is 0. The SMILES string of the molecule is COC(=O)[C@H]1CCCCN1C(=O)c1cccc(Br)c1C. The molecular weight excluding hydrogens is 322 g/mol. The molecule has 20 heavy (non-hydrogen) atoms. The van der Waals surface area contributed by atoms with E-state index in [2.05, 4.69) is 15.9 Å². The van der Waals surface area contributed by atoms with Crippen molar-refractivity contribution in [1.29, 1.82) is 0 Å². The predicted octanol–water partition coefficient (Wildman–Crippen LogP) is 2.93. The summed E-state index contributed by atoms with van der Waals surface area (Å²) in [6.07, 6.45) is 2.54. The fraction of sp³-hybridized carbons (Fsp3) is 0.467. The number of benzene rings is 1. The molecule has 1 aromatic rings. The van der Waals surface area contributed by atoms with Crippen molar-refractivity contribution in [1.82, 2.24) is 4.90 Å². The summed E-state index contributed by atoms with van der Waals surface area (Å²) in [5.74, 6) is -0.426. The zero-order valence-corrected chi connectivity index (χ0v) is 13.3. The Hall–Kier alpha value is -1.36. The minimum absolute atomic E-state index is 0.0982. The van der Waals surface area contributed by atoms with Crippen molar-refractivity contribution < 1.29 is 14.3 Å². The molecule has 1 aliphatic heterocycles. The molecule has 0 saturated carbocycles. The Morgan fingerprint density at radius 2 is 2.10 bits per heavy atom. The summed E-state index contributed by atoms with van der Waals surface area (Å²) >= 11 is 3.43. The lowest BCUT2D eigenvalue weighted by atomic mass is 9.99. The number of nitrogens with zero attached hydrogens (tertiary/aromatic N) is 1. The van der Waals surface area contributed by atoms with E-state index in [0.29, 0.717) is 18.5 Å². The molecule has 1 atom stereocenters. The molecule has 0 aromatic heterocycles. The number of carbonyl (C=O) groups excluding carboxylic acids is 2. The minimum atomic E-state index is -0.459. The molecule has 108 valence electrons. The summed E-state index contributed by atoms with van der Waals surface area (Å²) in [6, 6.07) is 5.08. The van der Waals surface area contributed by atoms with E-state index in [4.69, 9.17) is 4.74 Å². The molecule has 0 unspecified atom stereocenters. The van der Waals surface area contributed by atoms with Crippen LogP contribution in [0.25, 0.3) is 0 Å². The molecule has 1 amide bonds. The number of halogens is 1. The number of carbonyl (C=O) groups is 2. The average Bonchev–Trinajstić information content (AvgIpc) is 2.48. The molecular formula is C15H18BrNO3. The van der Waals surface area contributed by atoms with Gasteiger partial charge in [-0.15, -0.1) is 0 Å². The molecule has 5 heteroatoms. The Balaban J connectivity index is 2.30. The van der Waals surface area contributed by atoms with Gasteiger partial charge in [-0.1, -0.05) is 22.0 Å². The number of hydrogen-bond donors (Lipinski definition) is 0. The molecule has 1 heterocycles. The highest BCUT2D eigenvalue weighted by Crippen LogP contribution is 2.25. The molecule has 1 fully saturated rings. The van der Waals surface area contributed by atoms with E-state index in [0.717, 1.165) is 22.9 Å². The largest absolute Gasteiger partial charge is 0.467 e. The Labute approximate surface area is 127 Å². The van der Waals surface area contributed by atoms with Crippen LogP contribution in [0.3, 0.4) is 0 Å². The highest BCUT2D eigenvalue weighted by atomic mass is 79.9. The fourth-order valence-electron chi connectivity index (χ4n) is 2.55. The molecule has 0 spiro atoms. The molecule has 0 bridgehead atoms. The van der Waals surface area contributed by atoms with Gasteiger partial charge in [0, 0.05) is 16.6 Å². The normalized spacial score (nSPS) is 18.8. The number of likely N-dealkylation sites (tertiary alicyclic amines) is 1. The highest BCUT2D eigenvalue weighted by molar-refractivity contribution is 9.10. The van der Waals surface area contributed by atoms with E-state index in [-0.39, 0.29) is 11.9 Å². The van der Waals surface area contributed by atoms with Crippen molar-refractivity contribution in [3.8, 4) is 0 Å². The topological polar surface area (TPSA) is 46.6 Å². The number of esters is 1. The number of ether oxygens (including phenoxy) is 1. The van der Waals surface area contributed by atoms with Crippen LogP contribution in [0, 0.1) is 6.92 Å². The number of amides is 1. The van der Waals surface area contributed by atoms with Gasteiger partial charge in [0.05, 0.1) is 7.11 Å². The van der Waals surface area contributed by atoms with Crippen LogP contribution in [0.4, 0.5) is 0 Å². The first kappa shape index (κ1) is 15.0. The van der Waals surface area contributed by atoms with Crippen molar-refractivity contribution >= 4 is 27.8 Å². The van der Waals surface area contributed by atoms with Crippen molar-refractivity contribution in [2.75, 3.05) is 13.7 Å². The first-order chi connectivity index (χ1) is 9.56. The lowest BCUT2D eigenvalue weighted by molar-refractivity contribution is -0.147.